The van der Waals surface area contributed by atoms with Crippen LogP contribution in [0.2, 0.25) is 5.02 Å². The normalized spacial score (nSPS) is 14.5. The summed E-state index contributed by atoms with van der Waals surface area (Å²) < 4.78 is 9.91. The molecule has 2 heterocycles. The van der Waals surface area contributed by atoms with Gasteiger partial charge in [-0.2, -0.15) is 0 Å². The number of ether oxygens (including phenoxy) is 1. The molecule has 1 saturated heterocycles. The molecule has 1 aliphatic rings. The lowest BCUT2D eigenvalue weighted by Crippen LogP contribution is -2.30. The molecule has 0 aliphatic carbocycles. The van der Waals surface area contributed by atoms with E-state index in [0.717, 1.165) is 16.2 Å². The van der Waals surface area contributed by atoms with Gasteiger partial charge >= 0.3 is 6.09 Å². The number of cyclic esters (lactones) is 1. The van der Waals surface area contributed by atoms with Gasteiger partial charge in [-0.15, -0.1) is 0 Å². The number of carbonyl (C=O) groups excluding carboxylic acids is 2. The molecule has 1 aromatic carbocycles. The molecule has 0 unspecified atom stereocenters. The number of benzene rings is 1. The Hall–Kier alpha value is -2.34. The highest BCUT2D eigenvalue weighted by atomic mass is 35.5. The first-order chi connectivity index (χ1) is 10.6. The zero-order chi connectivity index (χ0) is 15.5. The molecule has 2 amide bonds. The summed E-state index contributed by atoms with van der Waals surface area (Å²) >= 11 is 5.84. The largest absolute Gasteiger partial charge is 0.439 e. The number of halogens is 1. The number of hydrogen-bond acceptors (Lipinski definition) is 5. The number of aromatic nitrogens is 1. The zero-order valence-corrected chi connectivity index (χ0v) is 12.4. The van der Waals surface area contributed by atoms with Gasteiger partial charge < -0.3 is 9.26 Å². The predicted octanol–water partition coefficient (Wildman–Crippen LogP) is 2.91. The fraction of sp³-hybridized carbons (Fsp3) is 0.267. The van der Waals surface area contributed by atoms with E-state index in [2.05, 4.69) is 9.89 Å². The molecule has 2 aromatic rings. The molecule has 7 heteroatoms. The van der Waals surface area contributed by atoms with Crippen LogP contribution < -0.4 is 0 Å². The van der Waals surface area contributed by atoms with Crippen LogP contribution in [-0.2, 0) is 16.0 Å². The number of carbonyl (C=O) groups is 2. The van der Waals surface area contributed by atoms with E-state index in [4.69, 9.17) is 16.1 Å². The van der Waals surface area contributed by atoms with Crippen molar-refractivity contribution in [1.29, 1.82) is 0 Å². The van der Waals surface area contributed by atoms with Crippen LogP contribution in [0, 0.1) is 0 Å². The van der Waals surface area contributed by atoms with Gasteiger partial charge in [0.15, 0.2) is 6.61 Å². The standard InChI is InChI=1S/C15H13ClN2O4/c16-11-5-3-10(4-6-11)13-8-12(22-17-13)2-1-7-18-14(19)9-21-15(18)20/h3-6,8H,1-2,7,9H2. The minimum atomic E-state index is -0.579. The lowest BCUT2D eigenvalue weighted by molar-refractivity contribution is -0.125. The fourth-order valence-electron chi connectivity index (χ4n) is 2.20. The Morgan fingerprint density at radius 2 is 2.00 bits per heavy atom. The molecule has 0 saturated carbocycles. The van der Waals surface area contributed by atoms with Crippen molar-refractivity contribution in [2.75, 3.05) is 13.2 Å². The molecule has 0 atom stereocenters. The van der Waals surface area contributed by atoms with Crippen LogP contribution in [-0.4, -0.2) is 35.2 Å². The van der Waals surface area contributed by atoms with Crippen LogP contribution in [0.3, 0.4) is 0 Å². The van der Waals surface area contributed by atoms with Gasteiger partial charge in [0.25, 0.3) is 5.91 Å². The Morgan fingerprint density at radius 3 is 2.68 bits per heavy atom. The summed E-state index contributed by atoms with van der Waals surface area (Å²) in [6.45, 7) is 0.149. The molecule has 22 heavy (non-hydrogen) atoms. The Bertz CT molecular complexity index is 680. The van der Waals surface area contributed by atoms with Gasteiger partial charge in [0, 0.05) is 29.6 Å². The topological polar surface area (TPSA) is 72.6 Å². The van der Waals surface area contributed by atoms with Crippen molar-refractivity contribution in [3.63, 3.8) is 0 Å². The summed E-state index contributed by atoms with van der Waals surface area (Å²) in [5, 5.41) is 4.67. The van der Waals surface area contributed by atoms with E-state index < -0.39 is 6.09 Å². The Morgan fingerprint density at radius 1 is 1.23 bits per heavy atom. The third-order valence-electron chi connectivity index (χ3n) is 3.34. The van der Waals surface area contributed by atoms with E-state index in [9.17, 15) is 9.59 Å². The highest BCUT2D eigenvalue weighted by Crippen LogP contribution is 2.22. The van der Waals surface area contributed by atoms with Crippen molar-refractivity contribution < 1.29 is 18.8 Å². The van der Waals surface area contributed by atoms with Gasteiger partial charge in [-0.1, -0.05) is 28.9 Å². The maximum atomic E-state index is 11.4. The molecule has 1 aromatic heterocycles. The molecular formula is C15H13ClN2O4. The number of hydrogen-bond donors (Lipinski definition) is 0. The van der Waals surface area contributed by atoms with E-state index in [1.807, 2.05) is 18.2 Å². The number of rotatable bonds is 5. The summed E-state index contributed by atoms with van der Waals surface area (Å²) in [5.41, 5.74) is 1.64. The highest BCUT2D eigenvalue weighted by Gasteiger charge is 2.30. The lowest BCUT2D eigenvalue weighted by atomic mass is 10.1. The van der Waals surface area contributed by atoms with Crippen molar-refractivity contribution in [2.45, 2.75) is 12.8 Å². The van der Waals surface area contributed by atoms with Crippen molar-refractivity contribution in [3.05, 3.63) is 41.1 Å². The quantitative estimate of drug-likeness (QED) is 0.847. The summed E-state index contributed by atoms with van der Waals surface area (Å²) in [7, 11) is 0. The fourth-order valence-corrected chi connectivity index (χ4v) is 2.32. The monoisotopic (exact) mass is 320 g/mol. The average molecular weight is 321 g/mol. The van der Waals surface area contributed by atoms with Crippen LogP contribution in [0.5, 0.6) is 0 Å². The number of imide groups is 1. The first-order valence-electron chi connectivity index (χ1n) is 6.82. The molecule has 0 radical (unpaired) electrons. The maximum absolute atomic E-state index is 11.4. The van der Waals surface area contributed by atoms with Gasteiger partial charge in [0.05, 0.1) is 0 Å². The van der Waals surface area contributed by atoms with Crippen molar-refractivity contribution in [1.82, 2.24) is 10.1 Å². The van der Waals surface area contributed by atoms with Crippen LogP contribution in [0.25, 0.3) is 11.3 Å². The molecule has 1 aliphatic heterocycles. The predicted molar refractivity (Wildman–Crippen MR) is 78.3 cm³/mol. The molecule has 0 spiro atoms. The van der Waals surface area contributed by atoms with Gasteiger partial charge in [0.1, 0.15) is 11.5 Å². The van der Waals surface area contributed by atoms with Gasteiger partial charge in [-0.3, -0.25) is 4.79 Å². The highest BCUT2D eigenvalue weighted by molar-refractivity contribution is 6.30. The minimum absolute atomic E-state index is 0.165. The van der Waals surface area contributed by atoms with Crippen molar-refractivity contribution in [2.24, 2.45) is 0 Å². The Labute approximate surface area is 131 Å². The number of amides is 2. The zero-order valence-electron chi connectivity index (χ0n) is 11.6. The lowest BCUT2D eigenvalue weighted by Gasteiger charge is -2.08. The van der Waals surface area contributed by atoms with Crippen LogP contribution in [0.1, 0.15) is 12.2 Å². The van der Waals surface area contributed by atoms with Crippen molar-refractivity contribution >= 4 is 23.6 Å². The summed E-state index contributed by atoms with van der Waals surface area (Å²) in [6, 6.07) is 9.14. The Kier molecular flexibility index (Phi) is 4.11. The smallest absolute Gasteiger partial charge is 0.417 e. The summed E-state index contributed by atoms with van der Waals surface area (Å²) in [4.78, 5) is 23.8. The van der Waals surface area contributed by atoms with Crippen LogP contribution in [0.15, 0.2) is 34.9 Å². The molecule has 3 rings (SSSR count). The second-order valence-electron chi connectivity index (χ2n) is 4.89. The summed E-state index contributed by atoms with van der Waals surface area (Å²) in [6.07, 6.45) is 0.595. The minimum Gasteiger partial charge on any atom is -0.439 e. The SMILES string of the molecule is O=C1COC(=O)N1CCCc1cc(-c2ccc(Cl)cc2)no1. The molecule has 1 fully saturated rings. The second-order valence-corrected chi connectivity index (χ2v) is 5.33. The van der Waals surface area contributed by atoms with Crippen molar-refractivity contribution in [3.8, 4) is 11.3 Å². The third-order valence-corrected chi connectivity index (χ3v) is 3.60. The van der Waals surface area contributed by atoms with Gasteiger partial charge in [-0.05, 0) is 18.6 Å². The third kappa shape index (κ3) is 3.12. The first kappa shape index (κ1) is 14.6. The molecular weight excluding hydrogens is 308 g/mol. The molecule has 114 valence electrons. The maximum Gasteiger partial charge on any atom is 0.417 e. The van der Waals surface area contributed by atoms with E-state index in [-0.39, 0.29) is 12.5 Å². The van der Waals surface area contributed by atoms with E-state index in [1.165, 1.54) is 0 Å². The number of nitrogens with zero attached hydrogens (tertiary/aromatic N) is 2. The van der Waals surface area contributed by atoms with Gasteiger partial charge in [-0.25, -0.2) is 9.69 Å². The van der Waals surface area contributed by atoms with Crippen LogP contribution >= 0.6 is 11.6 Å². The first-order valence-corrected chi connectivity index (χ1v) is 7.20. The van der Waals surface area contributed by atoms with Crippen LogP contribution in [0.4, 0.5) is 4.79 Å². The van der Waals surface area contributed by atoms with E-state index in [1.54, 1.807) is 12.1 Å². The molecule has 0 N–H and O–H groups in total. The summed E-state index contributed by atoms with van der Waals surface area (Å²) in [5.74, 6) is 0.398. The van der Waals surface area contributed by atoms with E-state index in [0.29, 0.717) is 30.2 Å². The number of aryl methyl sites for hydroxylation is 1. The van der Waals surface area contributed by atoms with E-state index >= 15 is 0 Å². The average Bonchev–Trinajstić information content (AvgIpc) is 3.10. The van der Waals surface area contributed by atoms with Gasteiger partial charge in [0.2, 0.25) is 0 Å². The second kappa shape index (κ2) is 6.19. The molecule has 6 nitrogen and oxygen atoms in total. The molecule has 0 bridgehead atoms. The Balaban J connectivity index is 1.57.